The maximum Gasteiger partial charge on any atom is 0.123 e. The zero-order valence-corrected chi connectivity index (χ0v) is 8.25. The van der Waals surface area contributed by atoms with Crippen LogP contribution in [0.1, 0.15) is 46.0 Å². The Bertz CT molecular complexity index is 134. The molecule has 0 radical (unpaired) electrons. The number of carbonyl (C=O) groups excluding carboxylic acids is 1. The topological polar surface area (TPSA) is 17.1 Å². The standard InChI is InChI=1S/C11H20O/c1-9(2)11(8-12)10-6-4-3-5-7-10/h8-11H,3-7H2,1-2H3/t11-/m1/s1. The van der Waals surface area contributed by atoms with Gasteiger partial charge in [0.2, 0.25) is 0 Å². The summed E-state index contributed by atoms with van der Waals surface area (Å²) in [5.74, 6) is 1.55. The Hall–Kier alpha value is -0.330. The SMILES string of the molecule is CC(C)[C@@H](C=O)C1CCCCC1. The summed E-state index contributed by atoms with van der Waals surface area (Å²) >= 11 is 0. The van der Waals surface area contributed by atoms with Gasteiger partial charge in [-0.2, -0.15) is 0 Å². The number of hydrogen-bond donors (Lipinski definition) is 0. The van der Waals surface area contributed by atoms with Gasteiger partial charge in [0.1, 0.15) is 6.29 Å². The van der Waals surface area contributed by atoms with Gasteiger partial charge in [-0.05, 0) is 24.7 Å². The average molecular weight is 168 g/mol. The van der Waals surface area contributed by atoms with Crippen molar-refractivity contribution in [1.29, 1.82) is 0 Å². The van der Waals surface area contributed by atoms with Crippen LogP contribution in [0.2, 0.25) is 0 Å². The monoisotopic (exact) mass is 168 g/mol. The number of rotatable bonds is 3. The molecule has 12 heavy (non-hydrogen) atoms. The molecular formula is C11H20O. The summed E-state index contributed by atoms with van der Waals surface area (Å²) in [4.78, 5) is 10.8. The molecule has 1 nitrogen and oxygen atoms in total. The summed E-state index contributed by atoms with van der Waals surface area (Å²) in [7, 11) is 0. The highest BCUT2D eigenvalue weighted by atomic mass is 16.1. The fraction of sp³-hybridized carbons (Fsp3) is 0.909. The largest absolute Gasteiger partial charge is 0.303 e. The minimum Gasteiger partial charge on any atom is -0.303 e. The molecule has 1 atom stereocenters. The van der Waals surface area contributed by atoms with E-state index in [2.05, 4.69) is 13.8 Å². The van der Waals surface area contributed by atoms with Crippen LogP contribution >= 0.6 is 0 Å². The molecule has 0 bridgehead atoms. The second kappa shape index (κ2) is 4.64. The van der Waals surface area contributed by atoms with E-state index in [9.17, 15) is 4.79 Å². The van der Waals surface area contributed by atoms with Crippen LogP contribution in [-0.2, 0) is 4.79 Å². The van der Waals surface area contributed by atoms with Gasteiger partial charge in [-0.1, -0.05) is 33.1 Å². The van der Waals surface area contributed by atoms with Crippen LogP contribution in [0.4, 0.5) is 0 Å². The smallest absolute Gasteiger partial charge is 0.123 e. The normalized spacial score (nSPS) is 22.6. The molecule has 1 fully saturated rings. The van der Waals surface area contributed by atoms with Gasteiger partial charge in [0.05, 0.1) is 0 Å². The van der Waals surface area contributed by atoms with Gasteiger partial charge in [0, 0.05) is 5.92 Å². The van der Waals surface area contributed by atoms with Gasteiger partial charge in [-0.25, -0.2) is 0 Å². The fourth-order valence-electron chi connectivity index (χ4n) is 2.33. The zero-order valence-electron chi connectivity index (χ0n) is 8.25. The van der Waals surface area contributed by atoms with E-state index in [0.29, 0.717) is 17.8 Å². The van der Waals surface area contributed by atoms with E-state index in [1.165, 1.54) is 38.4 Å². The second-order valence-electron chi connectivity index (χ2n) is 4.36. The highest BCUT2D eigenvalue weighted by Gasteiger charge is 2.25. The summed E-state index contributed by atoms with van der Waals surface area (Å²) in [6.07, 6.45) is 7.79. The third kappa shape index (κ3) is 2.33. The molecule has 1 heteroatoms. The molecule has 70 valence electrons. The van der Waals surface area contributed by atoms with Gasteiger partial charge < -0.3 is 4.79 Å². The first-order valence-corrected chi connectivity index (χ1v) is 5.21. The first kappa shape index (κ1) is 9.76. The molecule has 0 spiro atoms. The molecule has 0 aromatic rings. The molecule has 1 aliphatic rings. The molecule has 0 unspecified atom stereocenters. The maximum atomic E-state index is 10.8. The van der Waals surface area contributed by atoms with Crippen LogP contribution in [0.15, 0.2) is 0 Å². The summed E-state index contributed by atoms with van der Waals surface area (Å²) in [5.41, 5.74) is 0. The summed E-state index contributed by atoms with van der Waals surface area (Å²) < 4.78 is 0. The minimum atomic E-state index is 0.324. The number of aldehydes is 1. The van der Waals surface area contributed by atoms with Gasteiger partial charge in [-0.15, -0.1) is 0 Å². The molecule has 0 aliphatic heterocycles. The highest BCUT2D eigenvalue weighted by molar-refractivity contribution is 5.54. The van der Waals surface area contributed by atoms with Crippen LogP contribution < -0.4 is 0 Å². The van der Waals surface area contributed by atoms with E-state index in [0.717, 1.165) is 0 Å². The average Bonchev–Trinajstić information content (AvgIpc) is 2.07. The molecule has 0 aromatic heterocycles. The lowest BCUT2D eigenvalue weighted by atomic mass is 9.76. The van der Waals surface area contributed by atoms with E-state index in [4.69, 9.17) is 0 Å². The van der Waals surface area contributed by atoms with Crippen molar-refractivity contribution in [3.05, 3.63) is 0 Å². The molecule has 1 saturated carbocycles. The van der Waals surface area contributed by atoms with E-state index < -0.39 is 0 Å². The van der Waals surface area contributed by atoms with Crippen LogP contribution in [0.25, 0.3) is 0 Å². The van der Waals surface area contributed by atoms with Gasteiger partial charge in [0.15, 0.2) is 0 Å². The highest BCUT2D eigenvalue weighted by Crippen LogP contribution is 2.32. The maximum absolute atomic E-state index is 10.8. The molecule has 1 aliphatic carbocycles. The predicted molar refractivity (Wildman–Crippen MR) is 51.0 cm³/mol. The van der Waals surface area contributed by atoms with Crippen LogP contribution in [0, 0.1) is 17.8 Å². The third-order valence-electron chi connectivity index (χ3n) is 3.12. The summed E-state index contributed by atoms with van der Waals surface area (Å²) in [6.45, 7) is 4.32. The Kier molecular flexibility index (Phi) is 3.77. The first-order valence-electron chi connectivity index (χ1n) is 5.21. The van der Waals surface area contributed by atoms with Gasteiger partial charge in [-0.3, -0.25) is 0 Å². The van der Waals surface area contributed by atoms with Crippen molar-refractivity contribution in [2.24, 2.45) is 17.8 Å². The molecule has 0 N–H and O–H groups in total. The number of carbonyl (C=O) groups is 1. The Labute approximate surface area is 75.5 Å². The Morgan fingerprint density at radius 3 is 2.17 bits per heavy atom. The summed E-state index contributed by atoms with van der Waals surface area (Å²) in [6, 6.07) is 0. The fourth-order valence-corrected chi connectivity index (χ4v) is 2.33. The van der Waals surface area contributed by atoms with E-state index in [1.807, 2.05) is 0 Å². The lowest BCUT2D eigenvalue weighted by Crippen LogP contribution is -2.23. The molecule has 0 amide bonds. The van der Waals surface area contributed by atoms with Crippen LogP contribution in [-0.4, -0.2) is 6.29 Å². The Morgan fingerprint density at radius 1 is 1.17 bits per heavy atom. The zero-order chi connectivity index (χ0) is 8.97. The molecule has 0 aromatic carbocycles. The van der Waals surface area contributed by atoms with Gasteiger partial charge in [0.25, 0.3) is 0 Å². The predicted octanol–water partition coefficient (Wildman–Crippen LogP) is 3.04. The first-order chi connectivity index (χ1) is 5.75. The van der Waals surface area contributed by atoms with E-state index in [-0.39, 0.29) is 0 Å². The van der Waals surface area contributed by atoms with Crippen molar-refractivity contribution >= 4 is 6.29 Å². The molecular weight excluding hydrogens is 148 g/mol. The van der Waals surface area contributed by atoms with Crippen molar-refractivity contribution in [3.63, 3.8) is 0 Å². The summed E-state index contributed by atoms with van der Waals surface area (Å²) in [5, 5.41) is 0. The molecule has 0 saturated heterocycles. The lowest BCUT2D eigenvalue weighted by molar-refractivity contribution is -0.114. The van der Waals surface area contributed by atoms with Crippen molar-refractivity contribution < 1.29 is 4.79 Å². The van der Waals surface area contributed by atoms with Crippen molar-refractivity contribution in [1.82, 2.24) is 0 Å². The van der Waals surface area contributed by atoms with Crippen LogP contribution in [0.3, 0.4) is 0 Å². The Morgan fingerprint density at radius 2 is 1.75 bits per heavy atom. The second-order valence-corrected chi connectivity index (χ2v) is 4.36. The van der Waals surface area contributed by atoms with Crippen molar-refractivity contribution in [2.75, 3.05) is 0 Å². The molecule has 1 rings (SSSR count). The minimum absolute atomic E-state index is 0.324. The lowest BCUT2D eigenvalue weighted by Gasteiger charge is -2.28. The van der Waals surface area contributed by atoms with E-state index in [1.54, 1.807) is 0 Å². The van der Waals surface area contributed by atoms with Crippen molar-refractivity contribution in [3.8, 4) is 0 Å². The third-order valence-corrected chi connectivity index (χ3v) is 3.12. The van der Waals surface area contributed by atoms with Crippen LogP contribution in [0.5, 0.6) is 0 Å². The Balaban J connectivity index is 2.45. The molecule has 0 heterocycles. The quantitative estimate of drug-likeness (QED) is 0.592. The van der Waals surface area contributed by atoms with Gasteiger partial charge >= 0.3 is 0 Å². The van der Waals surface area contributed by atoms with E-state index >= 15 is 0 Å². The number of hydrogen-bond acceptors (Lipinski definition) is 1. The van der Waals surface area contributed by atoms with Crippen molar-refractivity contribution in [2.45, 2.75) is 46.0 Å².